The Morgan fingerprint density at radius 3 is 0.738 bits per heavy atom. The van der Waals surface area contributed by atoms with Gasteiger partial charge in [-0.25, -0.2) is 0 Å². The zero-order chi connectivity index (χ0) is 48.5. The van der Waals surface area contributed by atoms with Crippen LogP contribution >= 0.6 is 15.9 Å². The van der Waals surface area contributed by atoms with E-state index in [4.69, 9.17) is 20.4 Å². The van der Waals surface area contributed by atoms with Gasteiger partial charge in [-0.2, -0.15) is 0 Å². The van der Waals surface area contributed by atoms with Crippen molar-refractivity contribution in [1.29, 1.82) is 0 Å². The van der Waals surface area contributed by atoms with E-state index in [-0.39, 0.29) is 21.4 Å². The molecule has 0 bridgehead atoms. The second kappa shape index (κ2) is 21.6. The predicted molar refractivity (Wildman–Crippen MR) is 267 cm³/mol. The zero-order valence-corrected chi connectivity index (χ0v) is 40.8. The summed E-state index contributed by atoms with van der Waals surface area (Å²) in [4.78, 5) is 60.8. The maximum Gasteiger partial charge on any atom is 0.0627 e. The number of rotatable bonds is 14. The van der Waals surface area contributed by atoms with Crippen molar-refractivity contribution in [3.05, 3.63) is 202 Å². The van der Waals surface area contributed by atoms with Crippen molar-refractivity contribution in [1.82, 2.24) is 0 Å². The molecule has 12 heteroatoms. The molecule has 0 fully saturated rings. The van der Waals surface area contributed by atoms with E-state index in [9.17, 15) is 29.4 Å². The third-order valence-electron chi connectivity index (χ3n) is 12.9. The maximum atomic E-state index is 10.1. The molecule has 65 heavy (non-hydrogen) atoms. The van der Waals surface area contributed by atoms with Gasteiger partial charge in [-0.05, 0) is 0 Å². The van der Waals surface area contributed by atoms with Crippen LogP contribution in [-0.4, -0.2) is 76.2 Å². The van der Waals surface area contributed by atoms with E-state index < -0.39 is 58.6 Å². The molecule has 0 saturated heterocycles. The van der Waals surface area contributed by atoms with Gasteiger partial charge in [0.1, 0.15) is 0 Å². The summed E-state index contributed by atoms with van der Waals surface area (Å²) in [6.45, 7) is 15.1. The fourth-order valence-corrected chi connectivity index (χ4v) is 9.95. The molecule has 6 rings (SSSR count). The fourth-order valence-electron chi connectivity index (χ4n) is 7.85. The Kier molecular flexibility index (Phi) is 17.7. The summed E-state index contributed by atoms with van der Waals surface area (Å²) < 4.78 is 0. The largest absolute Gasteiger partial charge is 0.396 e. The van der Waals surface area contributed by atoms with Crippen molar-refractivity contribution in [3.8, 4) is 0 Å². The van der Waals surface area contributed by atoms with Gasteiger partial charge in [-0.3, -0.25) is 0 Å². The number of aliphatic hydroxyl groups is 4. The van der Waals surface area contributed by atoms with E-state index in [0.29, 0.717) is 0 Å². The van der Waals surface area contributed by atoms with E-state index in [2.05, 4.69) is 52.0 Å². The van der Waals surface area contributed by atoms with Gasteiger partial charge < -0.3 is 20.4 Å². The Labute approximate surface area is 386 Å². The van der Waals surface area contributed by atoms with Crippen LogP contribution in [0.3, 0.4) is 0 Å². The molecular weight excluding hydrogens is 859 g/mol. The van der Waals surface area contributed by atoms with Gasteiger partial charge >= 0.3 is 335 Å². The van der Waals surface area contributed by atoms with Crippen LogP contribution in [0.2, 0.25) is 0 Å². The second-order valence-electron chi connectivity index (χ2n) is 18.9. The van der Waals surface area contributed by atoms with Crippen molar-refractivity contribution in [2.45, 2.75) is 77.0 Å². The average molecular weight is 929 g/mol. The molecule has 0 aromatic heterocycles. The molecule has 6 aromatic rings. The molecular formula is C53H70O10P2. The fraction of sp³-hybridized carbons (Fsp3) is 0.321. The normalized spacial score (nSPS) is 13.2. The molecule has 0 aliphatic carbocycles. The Hall–Kier alpha value is -4.22. The van der Waals surface area contributed by atoms with Crippen LogP contribution in [0.4, 0.5) is 0 Å². The third-order valence-corrected chi connectivity index (χ3v) is 15.2. The van der Waals surface area contributed by atoms with E-state index in [1.54, 1.807) is 12.1 Å². The molecule has 0 radical (unpaired) electrons. The Morgan fingerprint density at radius 1 is 0.308 bits per heavy atom. The van der Waals surface area contributed by atoms with Crippen molar-refractivity contribution in [2.24, 2.45) is 5.41 Å². The molecule has 0 spiro atoms. The Balaban J connectivity index is 0.000000240. The van der Waals surface area contributed by atoms with Crippen LogP contribution < -0.4 is 10.6 Å². The van der Waals surface area contributed by atoms with Crippen molar-refractivity contribution in [2.75, 3.05) is 26.4 Å². The first-order valence-corrected chi connectivity index (χ1v) is 25.3. The van der Waals surface area contributed by atoms with E-state index >= 15 is 0 Å². The summed E-state index contributed by atoms with van der Waals surface area (Å²) in [5.74, 6) is 0. The zero-order valence-electron chi connectivity index (χ0n) is 38.8. The van der Waals surface area contributed by atoms with Crippen LogP contribution in [0.1, 0.15) is 99.9 Å². The number of hydrogen-bond donors (Lipinski definition) is 10. The summed E-state index contributed by atoms with van der Waals surface area (Å²) >= 11 is 0. The molecule has 352 valence electrons. The van der Waals surface area contributed by atoms with Gasteiger partial charge in [0.25, 0.3) is 0 Å². The molecule has 0 unspecified atom stereocenters. The topological polar surface area (TPSA) is 202 Å². The average Bonchev–Trinajstić information content (AvgIpc) is 3.30. The maximum absolute atomic E-state index is 10.1. The first-order valence-electron chi connectivity index (χ1n) is 21.6. The van der Waals surface area contributed by atoms with E-state index in [1.165, 1.54) is 11.1 Å². The first-order chi connectivity index (χ1) is 30.3. The van der Waals surface area contributed by atoms with Crippen LogP contribution in [0.15, 0.2) is 158 Å². The minimum absolute atomic E-state index is 0.231. The van der Waals surface area contributed by atoms with Gasteiger partial charge in [0.05, 0.1) is 31.8 Å². The summed E-state index contributed by atoms with van der Waals surface area (Å²) in [6.07, 6.45) is 0. The van der Waals surface area contributed by atoms with Crippen LogP contribution in [-0.2, 0) is 21.7 Å². The van der Waals surface area contributed by atoms with Gasteiger partial charge in [0, 0.05) is 0 Å². The van der Waals surface area contributed by atoms with Gasteiger partial charge in [-0.15, -0.1) is 0 Å². The van der Waals surface area contributed by atoms with Crippen LogP contribution in [0.5, 0.6) is 0 Å². The molecule has 0 amide bonds. The number of aliphatic hydroxyl groups excluding tert-OH is 4. The molecule has 0 aliphatic rings. The minimum atomic E-state index is -4.48. The van der Waals surface area contributed by atoms with Crippen molar-refractivity contribution in [3.63, 3.8) is 0 Å². The molecule has 0 atom stereocenters. The summed E-state index contributed by atoms with van der Waals surface area (Å²) in [6, 6.07) is 51.5. The third kappa shape index (κ3) is 12.6. The molecule has 0 heterocycles. The molecule has 0 aliphatic heterocycles. The number of hydrogen-bond acceptors (Lipinski definition) is 10. The summed E-state index contributed by atoms with van der Waals surface area (Å²) in [5.41, 5.74) is 5.35. The van der Waals surface area contributed by atoms with Crippen molar-refractivity contribution >= 4 is 26.5 Å². The molecule has 10 nitrogen and oxygen atoms in total. The quantitative estimate of drug-likeness (QED) is 0.0518. The number of benzene rings is 6. The monoisotopic (exact) mass is 928 g/mol. The van der Waals surface area contributed by atoms with Crippen LogP contribution in [0.25, 0.3) is 0 Å². The van der Waals surface area contributed by atoms with E-state index in [1.807, 2.05) is 149 Å². The standard InChI is InChI=1S/2C24H29O3P.C5H12O4/c2*1-23(2,18-11-7-5-8-12-18)20-15-16-22(28(25,26)27)21(17-20)24(3,4)19-13-9-6-10-14-19;6-1-5(2-7,3-8)4-9/h2*5-17,25-28H,1-4H3;6-9H,1-4H2. The van der Waals surface area contributed by atoms with Gasteiger partial charge in [0.2, 0.25) is 0 Å². The summed E-state index contributed by atoms with van der Waals surface area (Å²) in [7, 11) is -8.96. The summed E-state index contributed by atoms with van der Waals surface area (Å²) in [5, 5.41) is 34.4. The molecule has 0 saturated carbocycles. The minimum Gasteiger partial charge on any atom is -0.396 e. The van der Waals surface area contributed by atoms with Crippen LogP contribution in [0, 0.1) is 5.41 Å². The second-order valence-corrected chi connectivity index (χ2v) is 22.5. The Morgan fingerprint density at radius 2 is 0.538 bits per heavy atom. The van der Waals surface area contributed by atoms with Gasteiger partial charge in [0.15, 0.2) is 0 Å². The molecule has 10 N–H and O–H groups in total. The SMILES string of the molecule is CC(C)(c1ccccc1)c1ccc([PH](O)(O)O)c(C(C)(C)c2ccccc2)c1.CC(C)(c1ccccc1)c1ccc([PH](O)(O)O)c(C(C)(C)c2ccccc2)c1.OCC(CO)(CO)CO. The Bertz CT molecular complexity index is 2210. The smallest absolute Gasteiger partial charge is 0.0627 e. The first kappa shape index (κ1) is 53.4. The van der Waals surface area contributed by atoms with Crippen molar-refractivity contribution < 1.29 is 49.8 Å². The van der Waals surface area contributed by atoms with E-state index in [0.717, 1.165) is 33.4 Å². The van der Waals surface area contributed by atoms with Gasteiger partial charge in [-0.1, -0.05) is 0 Å². The predicted octanol–water partition coefficient (Wildman–Crippen LogP) is 6.81. The molecule has 6 aromatic carbocycles.